The van der Waals surface area contributed by atoms with E-state index in [2.05, 4.69) is 11.6 Å². The van der Waals surface area contributed by atoms with E-state index in [1.807, 2.05) is 23.6 Å². The predicted octanol–water partition coefficient (Wildman–Crippen LogP) is 2.02. The zero-order valence-electron chi connectivity index (χ0n) is 11.7. The van der Waals surface area contributed by atoms with Crippen molar-refractivity contribution in [1.29, 1.82) is 0 Å². The van der Waals surface area contributed by atoms with Crippen molar-refractivity contribution in [1.82, 2.24) is 10.2 Å². The number of aliphatic carboxylic acids is 1. The molecular weight excluding hydrogens is 264 g/mol. The van der Waals surface area contributed by atoms with E-state index in [1.165, 1.54) is 0 Å². The van der Waals surface area contributed by atoms with E-state index in [1.54, 1.807) is 0 Å². The third kappa shape index (κ3) is 5.72. The number of carbonyl (C=O) groups excluding carboxylic acids is 1. The topological polar surface area (TPSA) is 69.6 Å². The number of thioether (sulfide) groups is 1. The van der Waals surface area contributed by atoms with Crippen LogP contribution in [0.2, 0.25) is 0 Å². The average molecular weight is 288 g/mol. The number of hydrogen-bond donors (Lipinski definition) is 2. The van der Waals surface area contributed by atoms with Gasteiger partial charge >= 0.3 is 12.0 Å². The standard InChI is InChI=1S/C13H24N2O3S/c1-3-10(8-12(16)17)9-14-13(18)15-6-4-11(19-2)5-7-15/h10-11H,3-9H2,1-2H3,(H,14,18)(H,16,17). The molecule has 0 aromatic heterocycles. The molecule has 0 aromatic carbocycles. The van der Waals surface area contributed by atoms with Gasteiger partial charge in [0.05, 0.1) is 0 Å². The first kappa shape index (κ1) is 16.1. The Balaban J connectivity index is 2.29. The van der Waals surface area contributed by atoms with E-state index in [0.717, 1.165) is 32.4 Å². The molecule has 1 aliphatic rings. The van der Waals surface area contributed by atoms with E-state index >= 15 is 0 Å². The second kappa shape index (κ2) is 8.30. The van der Waals surface area contributed by atoms with Gasteiger partial charge < -0.3 is 15.3 Å². The molecule has 5 nitrogen and oxygen atoms in total. The number of amides is 2. The number of urea groups is 1. The van der Waals surface area contributed by atoms with Gasteiger partial charge in [0.2, 0.25) is 0 Å². The van der Waals surface area contributed by atoms with Crippen LogP contribution in [-0.4, -0.2) is 53.1 Å². The van der Waals surface area contributed by atoms with Crippen molar-refractivity contribution < 1.29 is 14.7 Å². The number of carboxylic acid groups (broad SMARTS) is 1. The van der Waals surface area contributed by atoms with Crippen LogP contribution in [0.3, 0.4) is 0 Å². The maximum absolute atomic E-state index is 12.0. The molecule has 0 aliphatic carbocycles. The first-order valence-corrected chi connectivity index (χ1v) is 8.13. The fourth-order valence-electron chi connectivity index (χ4n) is 2.25. The van der Waals surface area contributed by atoms with Crippen molar-refractivity contribution >= 4 is 23.8 Å². The fourth-order valence-corrected chi connectivity index (χ4v) is 2.93. The molecule has 0 radical (unpaired) electrons. The second-order valence-corrected chi connectivity index (χ2v) is 6.12. The zero-order chi connectivity index (χ0) is 14.3. The van der Waals surface area contributed by atoms with Gasteiger partial charge in [-0.15, -0.1) is 0 Å². The van der Waals surface area contributed by atoms with Gasteiger partial charge in [0, 0.05) is 31.3 Å². The lowest BCUT2D eigenvalue weighted by molar-refractivity contribution is -0.138. The Morgan fingerprint density at radius 3 is 2.53 bits per heavy atom. The molecular formula is C13H24N2O3S. The molecule has 1 saturated heterocycles. The Hall–Kier alpha value is -0.910. The largest absolute Gasteiger partial charge is 0.481 e. The summed E-state index contributed by atoms with van der Waals surface area (Å²) in [7, 11) is 0. The molecule has 1 heterocycles. The monoisotopic (exact) mass is 288 g/mol. The molecule has 1 aliphatic heterocycles. The van der Waals surface area contributed by atoms with Gasteiger partial charge in [-0.1, -0.05) is 13.3 Å². The molecule has 2 N–H and O–H groups in total. The molecule has 1 unspecified atom stereocenters. The van der Waals surface area contributed by atoms with Crippen molar-refractivity contribution in [2.24, 2.45) is 5.92 Å². The molecule has 1 fully saturated rings. The third-order valence-corrected chi connectivity index (χ3v) is 4.78. The average Bonchev–Trinajstić information content (AvgIpc) is 2.42. The molecule has 2 amide bonds. The van der Waals surface area contributed by atoms with Crippen molar-refractivity contribution in [2.45, 2.75) is 37.9 Å². The number of nitrogens with one attached hydrogen (secondary N) is 1. The van der Waals surface area contributed by atoms with Crippen LogP contribution in [0.5, 0.6) is 0 Å². The van der Waals surface area contributed by atoms with Crippen LogP contribution in [0.15, 0.2) is 0 Å². The third-order valence-electron chi connectivity index (χ3n) is 3.65. The Kier molecular flexibility index (Phi) is 7.05. The Bertz CT molecular complexity index is 304. The second-order valence-electron chi connectivity index (χ2n) is 4.98. The summed E-state index contributed by atoms with van der Waals surface area (Å²) in [5, 5.41) is 12.3. The summed E-state index contributed by atoms with van der Waals surface area (Å²) >= 11 is 1.86. The quantitative estimate of drug-likeness (QED) is 0.784. The van der Waals surface area contributed by atoms with Crippen LogP contribution in [0.25, 0.3) is 0 Å². The molecule has 0 spiro atoms. The number of hydrogen-bond acceptors (Lipinski definition) is 3. The molecule has 6 heteroatoms. The molecule has 0 saturated carbocycles. The van der Waals surface area contributed by atoms with Gasteiger partial charge in [-0.2, -0.15) is 11.8 Å². The van der Waals surface area contributed by atoms with Crippen LogP contribution in [0.1, 0.15) is 32.6 Å². The molecule has 110 valence electrons. The number of carboxylic acids is 1. The summed E-state index contributed by atoms with van der Waals surface area (Å²) in [6.07, 6.45) is 5.08. The van der Waals surface area contributed by atoms with Crippen molar-refractivity contribution in [3.63, 3.8) is 0 Å². The SMILES string of the molecule is CCC(CNC(=O)N1CCC(SC)CC1)CC(=O)O. The summed E-state index contributed by atoms with van der Waals surface area (Å²) < 4.78 is 0. The smallest absolute Gasteiger partial charge is 0.317 e. The molecule has 19 heavy (non-hydrogen) atoms. The fraction of sp³-hybridized carbons (Fsp3) is 0.846. The minimum Gasteiger partial charge on any atom is -0.481 e. The van der Waals surface area contributed by atoms with E-state index in [-0.39, 0.29) is 18.4 Å². The van der Waals surface area contributed by atoms with Gasteiger partial charge in [-0.05, 0) is 25.0 Å². The predicted molar refractivity (Wildman–Crippen MR) is 77.5 cm³/mol. The number of likely N-dealkylation sites (tertiary alicyclic amines) is 1. The lowest BCUT2D eigenvalue weighted by Crippen LogP contribution is -2.46. The lowest BCUT2D eigenvalue weighted by atomic mass is 10.0. The summed E-state index contributed by atoms with van der Waals surface area (Å²) in [5.74, 6) is -0.785. The van der Waals surface area contributed by atoms with E-state index in [9.17, 15) is 9.59 Å². The lowest BCUT2D eigenvalue weighted by Gasteiger charge is -2.31. The maximum atomic E-state index is 12.0. The van der Waals surface area contributed by atoms with Crippen LogP contribution < -0.4 is 5.32 Å². The van der Waals surface area contributed by atoms with Crippen molar-refractivity contribution in [3.05, 3.63) is 0 Å². The zero-order valence-corrected chi connectivity index (χ0v) is 12.5. The van der Waals surface area contributed by atoms with E-state index in [0.29, 0.717) is 11.8 Å². The van der Waals surface area contributed by atoms with Gasteiger partial charge in [0.25, 0.3) is 0 Å². The molecule has 0 aromatic rings. The van der Waals surface area contributed by atoms with Gasteiger partial charge in [-0.3, -0.25) is 4.79 Å². The molecule has 1 rings (SSSR count). The first-order valence-electron chi connectivity index (χ1n) is 6.84. The Labute approximate surface area is 119 Å². The van der Waals surface area contributed by atoms with Crippen LogP contribution in [0, 0.1) is 5.92 Å². The van der Waals surface area contributed by atoms with Crippen LogP contribution >= 0.6 is 11.8 Å². The van der Waals surface area contributed by atoms with Crippen molar-refractivity contribution in [3.8, 4) is 0 Å². The van der Waals surface area contributed by atoms with Gasteiger partial charge in [-0.25, -0.2) is 4.79 Å². The highest BCUT2D eigenvalue weighted by molar-refractivity contribution is 7.99. The minimum absolute atomic E-state index is 0.0187. The van der Waals surface area contributed by atoms with E-state index < -0.39 is 5.97 Å². The Morgan fingerprint density at radius 1 is 1.42 bits per heavy atom. The number of carbonyl (C=O) groups is 2. The van der Waals surface area contributed by atoms with Gasteiger partial charge in [0.1, 0.15) is 0 Å². The summed E-state index contributed by atoms with van der Waals surface area (Å²) in [6, 6.07) is -0.0524. The number of rotatable bonds is 6. The van der Waals surface area contributed by atoms with Crippen LogP contribution in [-0.2, 0) is 4.79 Å². The summed E-state index contributed by atoms with van der Waals surface area (Å²) in [5.41, 5.74) is 0. The maximum Gasteiger partial charge on any atom is 0.317 e. The highest BCUT2D eigenvalue weighted by Gasteiger charge is 2.22. The summed E-state index contributed by atoms with van der Waals surface area (Å²) in [6.45, 7) is 3.99. The highest BCUT2D eigenvalue weighted by Crippen LogP contribution is 2.20. The number of piperidine rings is 1. The molecule has 1 atom stereocenters. The normalized spacial score (nSPS) is 18.1. The minimum atomic E-state index is -0.804. The molecule has 0 bridgehead atoms. The van der Waals surface area contributed by atoms with Gasteiger partial charge in [0.15, 0.2) is 0 Å². The first-order chi connectivity index (χ1) is 9.06. The van der Waals surface area contributed by atoms with Crippen LogP contribution in [0.4, 0.5) is 4.79 Å². The Morgan fingerprint density at radius 2 is 2.05 bits per heavy atom. The van der Waals surface area contributed by atoms with Crippen molar-refractivity contribution in [2.75, 3.05) is 25.9 Å². The highest BCUT2D eigenvalue weighted by atomic mass is 32.2. The van der Waals surface area contributed by atoms with E-state index in [4.69, 9.17) is 5.11 Å². The number of nitrogens with zero attached hydrogens (tertiary/aromatic N) is 1. The summed E-state index contributed by atoms with van der Waals surface area (Å²) in [4.78, 5) is 24.5.